The van der Waals surface area contributed by atoms with Gasteiger partial charge >= 0.3 is 0 Å². The molecule has 0 aliphatic heterocycles. The van der Waals surface area contributed by atoms with E-state index in [1.165, 1.54) is 0 Å². The minimum Gasteiger partial charge on any atom is -0.364 e. The SMILES string of the molecule is CC(C)CNC(=O)C(C)OCc1ccccc1. The van der Waals surface area contributed by atoms with E-state index in [2.05, 4.69) is 19.2 Å². The van der Waals surface area contributed by atoms with Crippen molar-refractivity contribution >= 4 is 5.91 Å². The summed E-state index contributed by atoms with van der Waals surface area (Å²) in [5, 5.41) is 2.85. The van der Waals surface area contributed by atoms with Crippen LogP contribution in [-0.2, 0) is 16.1 Å². The van der Waals surface area contributed by atoms with Gasteiger partial charge in [0.25, 0.3) is 0 Å². The maximum absolute atomic E-state index is 11.6. The minimum atomic E-state index is -0.408. The van der Waals surface area contributed by atoms with Crippen molar-refractivity contribution in [3.63, 3.8) is 0 Å². The van der Waals surface area contributed by atoms with Gasteiger partial charge in [0, 0.05) is 6.54 Å². The average Bonchev–Trinajstić information content (AvgIpc) is 2.34. The van der Waals surface area contributed by atoms with Gasteiger partial charge in [0.1, 0.15) is 6.10 Å². The molecule has 0 saturated heterocycles. The highest BCUT2D eigenvalue weighted by Gasteiger charge is 2.12. The summed E-state index contributed by atoms with van der Waals surface area (Å²) in [5.74, 6) is 0.412. The number of carbonyl (C=O) groups excluding carboxylic acids is 1. The predicted octanol–water partition coefficient (Wildman–Crippen LogP) is 2.36. The van der Waals surface area contributed by atoms with E-state index < -0.39 is 6.10 Å². The molecule has 1 aromatic carbocycles. The Morgan fingerprint density at radius 3 is 2.47 bits per heavy atom. The van der Waals surface area contributed by atoms with Gasteiger partial charge in [-0.1, -0.05) is 44.2 Å². The molecule has 0 aliphatic rings. The fraction of sp³-hybridized carbons (Fsp3) is 0.500. The molecule has 1 amide bonds. The third-order valence-corrected chi connectivity index (χ3v) is 2.40. The predicted molar refractivity (Wildman–Crippen MR) is 68.5 cm³/mol. The molecule has 1 unspecified atom stereocenters. The van der Waals surface area contributed by atoms with Gasteiger partial charge in [0.2, 0.25) is 5.91 Å². The topological polar surface area (TPSA) is 38.3 Å². The van der Waals surface area contributed by atoms with Crippen molar-refractivity contribution in [1.29, 1.82) is 0 Å². The first-order valence-electron chi connectivity index (χ1n) is 6.03. The van der Waals surface area contributed by atoms with Crippen molar-refractivity contribution in [3.8, 4) is 0 Å². The Balaban J connectivity index is 2.29. The van der Waals surface area contributed by atoms with Crippen LogP contribution in [0.5, 0.6) is 0 Å². The molecule has 1 N–H and O–H groups in total. The molecule has 17 heavy (non-hydrogen) atoms. The van der Waals surface area contributed by atoms with E-state index >= 15 is 0 Å². The maximum atomic E-state index is 11.6. The molecule has 0 fully saturated rings. The fourth-order valence-corrected chi connectivity index (χ4v) is 1.32. The van der Waals surface area contributed by atoms with E-state index in [-0.39, 0.29) is 5.91 Å². The van der Waals surface area contributed by atoms with E-state index in [4.69, 9.17) is 4.74 Å². The number of hydrogen-bond donors (Lipinski definition) is 1. The van der Waals surface area contributed by atoms with E-state index in [0.29, 0.717) is 19.1 Å². The van der Waals surface area contributed by atoms with Crippen molar-refractivity contribution in [3.05, 3.63) is 35.9 Å². The van der Waals surface area contributed by atoms with Gasteiger partial charge in [-0.3, -0.25) is 4.79 Å². The van der Waals surface area contributed by atoms with Crippen molar-refractivity contribution in [2.75, 3.05) is 6.54 Å². The molecule has 0 heterocycles. The summed E-state index contributed by atoms with van der Waals surface area (Å²) in [4.78, 5) is 11.6. The van der Waals surface area contributed by atoms with Crippen LogP contribution in [0.3, 0.4) is 0 Å². The summed E-state index contributed by atoms with van der Waals surface area (Å²) < 4.78 is 5.51. The second-order valence-electron chi connectivity index (χ2n) is 4.58. The molecule has 94 valence electrons. The molecule has 0 aromatic heterocycles. The molecule has 1 aromatic rings. The lowest BCUT2D eigenvalue weighted by Gasteiger charge is -2.14. The van der Waals surface area contributed by atoms with E-state index in [0.717, 1.165) is 5.56 Å². The number of nitrogens with one attached hydrogen (secondary N) is 1. The lowest BCUT2D eigenvalue weighted by Crippen LogP contribution is -2.36. The van der Waals surface area contributed by atoms with Gasteiger partial charge < -0.3 is 10.1 Å². The Labute approximate surface area is 103 Å². The minimum absolute atomic E-state index is 0.0466. The largest absolute Gasteiger partial charge is 0.364 e. The van der Waals surface area contributed by atoms with Gasteiger partial charge in [-0.05, 0) is 18.4 Å². The first kappa shape index (κ1) is 13.7. The summed E-state index contributed by atoms with van der Waals surface area (Å²) in [6.07, 6.45) is -0.408. The second-order valence-corrected chi connectivity index (χ2v) is 4.58. The molecule has 1 rings (SSSR count). The first-order valence-corrected chi connectivity index (χ1v) is 6.03. The van der Waals surface area contributed by atoms with Crippen LogP contribution < -0.4 is 5.32 Å². The van der Waals surface area contributed by atoms with Gasteiger partial charge in [-0.2, -0.15) is 0 Å². The molecule has 0 spiro atoms. The average molecular weight is 235 g/mol. The summed E-state index contributed by atoms with van der Waals surface area (Å²) >= 11 is 0. The zero-order chi connectivity index (χ0) is 12.7. The van der Waals surface area contributed by atoms with Crippen LogP contribution in [0.1, 0.15) is 26.3 Å². The Hall–Kier alpha value is -1.35. The molecule has 1 atom stereocenters. The smallest absolute Gasteiger partial charge is 0.248 e. The molecular formula is C14H21NO2. The normalized spacial score (nSPS) is 12.5. The number of ether oxygens (including phenoxy) is 1. The highest BCUT2D eigenvalue weighted by atomic mass is 16.5. The molecule has 3 heteroatoms. The molecule has 0 saturated carbocycles. The summed E-state index contributed by atoms with van der Waals surface area (Å²) in [6, 6.07) is 9.85. The zero-order valence-corrected chi connectivity index (χ0v) is 10.8. The van der Waals surface area contributed by atoms with Crippen LogP contribution in [0, 0.1) is 5.92 Å². The quantitative estimate of drug-likeness (QED) is 0.822. The van der Waals surface area contributed by atoms with Crippen LogP contribution in [0.15, 0.2) is 30.3 Å². The van der Waals surface area contributed by atoms with Crippen molar-refractivity contribution in [2.24, 2.45) is 5.92 Å². The van der Waals surface area contributed by atoms with Crippen molar-refractivity contribution < 1.29 is 9.53 Å². The molecule has 0 aliphatic carbocycles. The lowest BCUT2D eigenvalue weighted by atomic mass is 10.2. The van der Waals surface area contributed by atoms with Crippen LogP contribution in [0.25, 0.3) is 0 Å². The van der Waals surface area contributed by atoms with Crippen LogP contribution in [0.2, 0.25) is 0 Å². The maximum Gasteiger partial charge on any atom is 0.248 e. The molecular weight excluding hydrogens is 214 g/mol. The van der Waals surface area contributed by atoms with Crippen LogP contribution in [0.4, 0.5) is 0 Å². The van der Waals surface area contributed by atoms with Crippen molar-refractivity contribution in [1.82, 2.24) is 5.32 Å². The van der Waals surface area contributed by atoms with E-state index in [1.54, 1.807) is 6.92 Å². The lowest BCUT2D eigenvalue weighted by molar-refractivity contribution is -0.132. The fourth-order valence-electron chi connectivity index (χ4n) is 1.32. The summed E-state index contributed by atoms with van der Waals surface area (Å²) in [5.41, 5.74) is 1.08. The number of benzene rings is 1. The second kappa shape index (κ2) is 7.07. The van der Waals surface area contributed by atoms with Gasteiger partial charge in [0.15, 0.2) is 0 Å². The Bertz CT molecular complexity index is 335. The van der Waals surface area contributed by atoms with Gasteiger partial charge in [-0.25, -0.2) is 0 Å². The highest BCUT2D eigenvalue weighted by Crippen LogP contribution is 2.03. The van der Waals surface area contributed by atoms with E-state index in [9.17, 15) is 4.79 Å². The van der Waals surface area contributed by atoms with Gasteiger partial charge in [-0.15, -0.1) is 0 Å². The Morgan fingerprint density at radius 2 is 1.88 bits per heavy atom. The first-order chi connectivity index (χ1) is 8.09. The number of rotatable bonds is 6. The molecule has 3 nitrogen and oxygen atoms in total. The third kappa shape index (κ3) is 5.50. The number of amides is 1. The van der Waals surface area contributed by atoms with Gasteiger partial charge in [0.05, 0.1) is 6.61 Å². The zero-order valence-electron chi connectivity index (χ0n) is 10.8. The Morgan fingerprint density at radius 1 is 1.24 bits per heavy atom. The summed E-state index contributed by atoms with van der Waals surface area (Å²) in [7, 11) is 0. The molecule has 0 bridgehead atoms. The van der Waals surface area contributed by atoms with Crippen LogP contribution >= 0.6 is 0 Å². The summed E-state index contributed by atoms with van der Waals surface area (Å²) in [6.45, 7) is 7.07. The number of carbonyl (C=O) groups is 1. The van der Waals surface area contributed by atoms with E-state index in [1.807, 2.05) is 30.3 Å². The monoisotopic (exact) mass is 235 g/mol. The Kier molecular flexibility index (Phi) is 5.70. The van der Waals surface area contributed by atoms with Crippen LogP contribution in [-0.4, -0.2) is 18.6 Å². The highest BCUT2D eigenvalue weighted by molar-refractivity contribution is 5.80. The third-order valence-electron chi connectivity index (χ3n) is 2.40. The number of hydrogen-bond acceptors (Lipinski definition) is 2. The molecule has 0 radical (unpaired) electrons. The standard InChI is InChI=1S/C14H21NO2/c1-11(2)9-15-14(16)12(3)17-10-13-7-5-4-6-8-13/h4-8,11-12H,9-10H2,1-3H3,(H,15,16). The van der Waals surface area contributed by atoms with Crippen molar-refractivity contribution in [2.45, 2.75) is 33.5 Å².